The van der Waals surface area contributed by atoms with Crippen LogP contribution in [0.5, 0.6) is 0 Å². The molecule has 2 unspecified atom stereocenters. The molecule has 0 aliphatic heterocycles. The summed E-state index contributed by atoms with van der Waals surface area (Å²) in [6.07, 6.45) is 0. The molecule has 0 aliphatic rings. The molecule has 104 valence electrons. The van der Waals surface area contributed by atoms with Gasteiger partial charge in [0.25, 0.3) is 0 Å². The summed E-state index contributed by atoms with van der Waals surface area (Å²) < 4.78 is 14.1. The van der Waals surface area contributed by atoms with Crippen molar-refractivity contribution in [2.45, 2.75) is 26.8 Å². The van der Waals surface area contributed by atoms with Gasteiger partial charge in [0.2, 0.25) is 0 Å². The molecular formula is C15H22FN3. The van der Waals surface area contributed by atoms with Crippen LogP contribution in [0.1, 0.15) is 32.4 Å². The Kier molecular flexibility index (Phi) is 5.78. The zero-order valence-electron chi connectivity index (χ0n) is 12.1. The Morgan fingerprint density at radius 1 is 1.42 bits per heavy atom. The number of nitriles is 1. The third kappa shape index (κ3) is 3.93. The van der Waals surface area contributed by atoms with Gasteiger partial charge in [-0.2, -0.15) is 5.26 Å². The van der Waals surface area contributed by atoms with Gasteiger partial charge in [0, 0.05) is 30.9 Å². The first-order valence-corrected chi connectivity index (χ1v) is 6.63. The first kappa shape index (κ1) is 15.5. The average molecular weight is 263 g/mol. The molecule has 0 aromatic heterocycles. The average Bonchev–Trinajstić information content (AvgIpc) is 2.38. The van der Waals surface area contributed by atoms with Crippen LogP contribution in [0.15, 0.2) is 18.2 Å². The maximum atomic E-state index is 14.1. The third-order valence-corrected chi connectivity index (χ3v) is 3.15. The molecule has 0 heterocycles. The van der Waals surface area contributed by atoms with E-state index in [4.69, 9.17) is 5.26 Å². The quantitative estimate of drug-likeness (QED) is 0.857. The predicted octanol–water partition coefficient (Wildman–Crippen LogP) is 3.09. The fraction of sp³-hybridized carbons (Fsp3) is 0.533. The smallest absolute Gasteiger partial charge is 0.130 e. The summed E-state index contributed by atoms with van der Waals surface area (Å²) in [6, 6.07) is 7.24. The second-order valence-electron chi connectivity index (χ2n) is 4.86. The van der Waals surface area contributed by atoms with Crippen LogP contribution in [-0.2, 0) is 0 Å². The van der Waals surface area contributed by atoms with Crippen LogP contribution in [0.25, 0.3) is 0 Å². The van der Waals surface area contributed by atoms with E-state index in [2.05, 4.69) is 11.4 Å². The van der Waals surface area contributed by atoms with E-state index in [-0.39, 0.29) is 17.8 Å². The fourth-order valence-corrected chi connectivity index (χ4v) is 2.25. The van der Waals surface area contributed by atoms with E-state index < -0.39 is 0 Å². The summed E-state index contributed by atoms with van der Waals surface area (Å²) in [5, 5.41) is 12.1. The highest BCUT2D eigenvalue weighted by atomic mass is 19.1. The number of nitrogens with one attached hydrogen (secondary N) is 1. The van der Waals surface area contributed by atoms with Crippen LogP contribution in [0.2, 0.25) is 0 Å². The summed E-state index contributed by atoms with van der Waals surface area (Å²) in [5.74, 6) is -0.294. The highest BCUT2D eigenvalue weighted by Gasteiger charge is 2.18. The van der Waals surface area contributed by atoms with Gasteiger partial charge < -0.3 is 10.2 Å². The Hall–Kier alpha value is -1.60. The van der Waals surface area contributed by atoms with Crippen molar-refractivity contribution < 1.29 is 4.39 Å². The van der Waals surface area contributed by atoms with Crippen molar-refractivity contribution in [2.75, 3.05) is 25.0 Å². The van der Waals surface area contributed by atoms with Gasteiger partial charge in [-0.3, -0.25) is 0 Å². The highest BCUT2D eigenvalue weighted by Crippen LogP contribution is 2.28. The number of nitrogens with zero attached hydrogens (tertiary/aromatic N) is 2. The molecule has 2 atom stereocenters. The molecule has 0 fully saturated rings. The SMILES string of the molecule is CCNC(C)c1c(F)cccc1N(C)CC(C)C#N. The normalized spacial score (nSPS) is 13.7. The summed E-state index contributed by atoms with van der Waals surface area (Å²) in [5.41, 5.74) is 1.51. The second kappa shape index (κ2) is 7.10. The molecule has 0 spiro atoms. The van der Waals surface area contributed by atoms with Crippen LogP contribution < -0.4 is 10.2 Å². The number of benzene rings is 1. The topological polar surface area (TPSA) is 39.1 Å². The molecule has 0 saturated heterocycles. The summed E-state index contributed by atoms with van der Waals surface area (Å²) >= 11 is 0. The summed E-state index contributed by atoms with van der Waals surface area (Å²) in [7, 11) is 1.89. The third-order valence-electron chi connectivity index (χ3n) is 3.15. The minimum atomic E-state index is -0.206. The van der Waals surface area contributed by atoms with Crippen molar-refractivity contribution in [3.05, 3.63) is 29.6 Å². The fourth-order valence-electron chi connectivity index (χ4n) is 2.25. The van der Waals surface area contributed by atoms with Crippen LogP contribution in [0, 0.1) is 23.1 Å². The van der Waals surface area contributed by atoms with E-state index in [0.717, 1.165) is 12.2 Å². The van der Waals surface area contributed by atoms with Gasteiger partial charge in [-0.1, -0.05) is 13.0 Å². The van der Waals surface area contributed by atoms with Gasteiger partial charge in [0.15, 0.2) is 0 Å². The largest absolute Gasteiger partial charge is 0.373 e. The van der Waals surface area contributed by atoms with Gasteiger partial charge in [-0.25, -0.2) is 4.39 Å². The zero-order valence-corrected chi connectivity index (χ0v) is 12.1. The van der Waals surface area contributed by atoms with Gasteiger partial charge in [-0.05, 0) is 32.5 Å². The van der Waals surface area contributed by atoms with E-state index in [9.17, 15) is 4.39 Å². The zero-order chi connectivity index (χ0) is 14.4. The van der Waals surface area contributed by atoms with Gasteiger partial charge in [-0.15, -0.1) is 0 Å². The van der Waals surface area contributed by atoms with Crippen LogP contribution in [0.3, 0.4) is 0 Å². The van der Waals surface area contributed by atoms with Crippen molar-refractivity contribution in [1.82, 2.24) is 5.32 Å². The Morgan fingerprint density at radius 2 is 2.11 bits per heavy atom. The number of rotatable bonds is 6. The summed E-state index contributed by atoms with van der Waals surface area (Å²) in [6.45, 7) is 7.19. The van der Waals surface area contributed by atoms with Gasteiger partial charge in [0.05, 0.1) is 12.0 Å². The lowest BCUT2D eigenvalue weighted by Crippen LogP contribution is -2.27. The number of halogens is 1. The van der Waals surface area contributed by atoms with E-state index in [1.54, 1.807) is 6.07 Å². The van der Waals surface area contributed by atoms with Crippen molar-refractivity contribution in [3.8, 4) is 6.07 Å². The van der Waals surface area contributed by atoms with Crippen molar-refractivity contribution in [3.63, 3.8) is 0 Å². The number of hydrogen-bond acceptors (Lipinski definition) is 3. The maximum Gasteiger partial charge on any atom is 0.130 e. The second-order valence-corrected chi connectivity index (χ2v) is 4.86. The monoisotopic (exact) mass is 263 g/mol. The standard InChI is InChI=1S/C15H22FN3/c1-5-18-12(3)15-13(16)7-6-8-14(15)19(4)10-11(2)9-17/h6-8,11-12,18H,5,10H2,1-4H3. The molecule has 3 nitrogen and oxygen atoms in total. The lowest BCUT2D eigenvalue weighted by Gasteiger charge is -2.26. The Bertz CT molecular complexity index is 453. The molecule has 4 heteroatoms. The number of anilines is 1. The molecule has 0 aliphatic carbocycles. The van der Waals surface area contributed by atoms with E-state index in [0.29, 0.717) is 12.1 Å². The van der Waals surface area contributed by atoms with Crippen LogP contribution >= 0.6 is 0 Å². The van der Waals surface area contributed by atoms with Crippen molar-refractivity contribution in [2.24, 2.45) is 5.92 Å². The first-order valence-electron chi connectivity index (χ1n) is 6.63. The van der Waals surface area contributed by atoms with E-state index in [1.165, 1.54) is 6.07 Å². The predicted molar refractivity (Wildman–Crippen MR) is 76.5 cm³/mol. The maximum absolute atomic E-state index is 14.1. The lowest BCUT2D eigenvalue weighted by atomic mass is 10.0. The summed E-state index contributed by atoms with van der Waals surface area (Å²) in [4.78, 5) is 1.94. The molecule has 0 saturated carbocycles. The molecular weight excluding hydrogens is 241 g/mol. The van der Waals surface area contributed by atoms with E-state index >= 15 is 0 Å². The van der Waals surface area contributed by atoms with Gasteiger partial charge in [0.1, 0.15) is 5.82 Å². The molecule has 19 heavy (non-hydrogen) atoms. The molecule has 0 radical (unpaired) electrons. The minimum Gasteiger partial charge on any atom is -0.373 e. The minimum absolute atomic E-state index is 0.0546. The molecule has 1 rings (SSSR count). The molecule has 0 amide bonds. The number of hydrogen-bond donors (Lipinski definition) is 1. The Balaban J connectivity index is 3.06. The van der Waals surface area contributed by atoms with Crippen molar-refractivity contribution >= 4 is 5.69 Å². The first-order chi connectivity index (χ1) is 9.01. The molecule has 1 aromatic rings. The van der Waals surface area contributed by atoms with Crippen LogP contribution in [-0.4, -0.2) is 20.1 Å². The Morgan fingerprint density at radius 3 is 2.68 bits per heavy atom. The van der Waals surface area contributed by atoms with Crippen LogP contribution in [0.4, 0.5) is 10.1 Å². The van der Waals surface area contributed by atoms with Gasteiger partial charge >= 0.3 is 0 Å². The van der Waals surface area contributed by atoms with Crippen molar-refractivity contribution in [1.29, 1.82) is 5.26 Å². The highest BCUT2D eigenvalue weighted by molar-refractivity contribution is 5.55. The van der Waals surface area contributed by atoms with E-state index in [1.807, 2.05) is 38.8 Å². The molecule has 0 bridgehead atoms. The molecule has 1 aromatic carbocycles. The molecule has 1 N–H and O–H groups in total. The Labute approximate surface area is 115 Å². The lowest BCUT2D eigenvalue weighted by molar-refractivity contribution is 0.539.